The maximum Gasteiger partial charge on any atom is 0.346 e. The highest BCUT2D eigenvalue weighted by Crippen LogP contribution is 2.51. The van der Waals surface area contributed by atoms with Gasteiger partial charge in [0.25, 0.3) is 0 Å². The number of fused-ring (bicyclic) bond motifs is 2. The number of halogens is 2. The lowest BCUT2D eigenvalue weighted by Gasteiger charge is -2.32. The number of ether oxygens (including phenoxy) is 4. The third kappa shape index (κ3) is 5.33. The van der Waals surface area contributed by atoms with Gasteiger partial charge >= 0.3 is 11.9 Å². The second kappa shape index (κ2) is 11.3. The molecule has 1 aliphatic carbocycles. The molecule has 2 aromatic rings. The second-order valence-corrected chi connectivity index (χ2v) is 11.5. The molecule has 1 saturated carbocycles. The summed E-state index contributed by atoms with van der Waals surface area (Å²) in [4.78, 5) is 26.6. The zero-order chi connectivity index (χ0) is 27.8. The summed E-state index contributed by atoms with van der Waals surface area (Å²) in [5.41, 5.74) is 0.639. The van der Waals surface area contributed by atoms with Crippen LogP contribution < -0.4 is 14.2 Å². The lowest BCUT2D eigenvalue weighted by Crippen LogP contribution is -2.34. The normalized spacial score (nSPS) is 17.3. The van der Waals surface area contributed by atoms with Crippen molar-refractivity contribution in [3.8, 4) is 23.0 Å². The number of hydrogen-bond donors (Lipinski definition) is 1. The molecule has 0 saturated heterocycles. The molecule has 1 N–H and O–H groups in total. The second-order valence-electron chi connectivity index (χ2n) is 10.8. The zero-order valence-electron chi connectivity index (χ0n) is 22.4. The molecule has 1 aliphatic heterocycles. The third-order valence-electron chi connectivity index (χ3n) is 7.42. The van der Waals surface area contributed by atoms with Crippen LogP contribution in [0, 0.1) is 18.3 Å². The van der Waals surface area contributed by atoms with E-state index < -0.39 is 23.5 Å². The molecule has 0 unspecified atom stereocenters. The van der Waals surface area contributed by atoms with Gasteiger partial charge < -0.3 is 24.1 Å². The highest BCUT2D eigenvalue weighted by molar-refractivity contribution is 6.38. The Balaban J connectivity index is 1.84. The first kappa shape index (κ1) is 28.5. The summed E-state index contributed by atoms with van der Waals surface area (Å²) >= 11 is 13.3. The van der Waals surface area contributed by atoms with Crippen LogP contribution in [0.1, 0.15) is 92.4 Å². The Hall–Kier alpha value is -2.48. The maximum absolute atomic E-state index is 13.4. The van der Waals surface area contributed by atoms with Crippen molar-refractivity contribution in [1.82, 2.24) is 0 Å². The quantitative estimate of drug-likeness (QED) is 0.283. The number of cyclic esters (lactones) is 1. The topological polar surface area (TPSA) is 91.3 Å². The van der Waals surface area contributed by atoms with Crippen LogP contribution in [0.2, 0.25) is 10.0 Å². The Labute approximate surface area is 233 Å². The minimum absolute atomic E-state index is 0.0165. The molecule has 1 heterocycles. The maximum atomic E-state index is 13.4. The van der Waals surface area contributed by atoms with Crippen molar-refractivity contribution in [3.63, 3.8) is 0 Å². The van der Waals surface area contributed by atoms with E-state index in [1.54, 1.807) is 19.1 Å². The van der Waals surface area contributed by atoms with Gasteiger partial charge in [-0.3, -0.25) is 4.79 Å². The molecule has 206 valence electrons. The smallest absolute Gasteiger partial charge is 0.346 e. The minimum Gasteiger partial charge on any atom is -0.495 e. The number of rotatable bonds is 6. The number of carbonyl (C=O) groups excluding carboxylic acids is 2. The Morgan fingerprint density at radius 1 is 1.13 bits per heavy atom. The van der Waals surface area contributed by atoms with Crippen molar-refractivity contribution < 1.29 is 33.6 Å². The van der Waals surface area contributed by atoms with Crippen LogP contribution in [0.5, 0.6) is 23.0 Å². The summed E-state index contributed by atoms with van der Waals surface area (Å²) in [5.74, 6) is -0.486. The summed E-state index contributed by atoms with van der Waals surface area (Å²) in [6.45, 7) is 7.34. The van der Waals surface area contributed by atoms with E-state index in [1.165, 1.54) is 7.11 Å². The molecule has 2 aromatic carbocycles. The van der Waals surface area contributed by atoms with Crippen LogP contribution in [0.3, 0.4) is 0 Å². The van der Waals surface area contributed by atoms with Gasteiger partial charge in [-0.15, -0.1) is 0 Å². The highest BCUT2D eigenvalue weighted by Gasteiger charge is 2.39. The average Bonchev–Trinajstić information content (AvgIpc) is 2.87. The van der Waals surface area contributed by atoms with E-state index in [-0.39, 0.29) is 51.1 Å². The SMILES string of the molecule is COc1c([C@@H](O)CC(C)C)ccc2c1C(=O)OCc1c(Cl)c(C)c(Cl)c(OC(=O)C3(C)CCCCC3)c1O2. The molecule has 0 amide bonds. The Morgan fingerprint density at radius 3 is 2.45 bits per heavy atom. The van der Waals surface area contributed by atoms with Crippen molar-refractivity contribution in [2.45, 2.75) is 78.9 Å². The summed E-state index contributed by atoms with van der Waals surface area (Å²) < 4.78 is 23.4. The molecular formula is C29H34Cl2O7. The molecule has 0 radical (unpaired) electrons. The number of esters is 2. The molecular weight excluding hydrogens is 531 g/mol. The van der Waals surface area contributed by atoms with E-state index in [1.807, 2.05) is 20.8 Å². The van der Waals surface area contributed by atoms with Gasteiger partial charge in [0.15, 0.2) is 11.5 Å². The fourth-order valence-electron chi connectivity index (χ4n) is 5.14. The number of methoxy groups -OCH3 is 1. The van der Waals surface area contributed by atoms with Crippen molar-refractivity contribution in [1.29, 1.82) is 0 Å². The van der Waals surface area contributed by atoms with Gasteiger partial charge in [-0.2, -0.15) is 0 Å². The van der Waals surface area contributed by atoms with Crippen molar-refractivity contribution in [2.24, 2.45) is 11.3 Å². The van der Waals surface area contributed by atoms with E-state index >= 15 is 0 Å². The first-order valence-electron chi connectivity index (χ1n) is 12.9. The molecule has 7 nitrogen and oxygen atoms in total. The highest BCUT2D eigenvalue weighted by atomic mass is 35.5. The average molecular weight is 565 g/mol. The fraction of sp³-hybridized carbons (Fsp3) is 0.517. The molecule has 38 heavy (non-hydrogen) atoms. The monoisotopic (exact) mass is 564 g/mol. The number of hydrogen-bond acceptors (Lipinski definition) is 7. The molecule has 0 aromatic heterocycles. The first-order chi connectivity index (χ1) is 18.0. The number of carbonyl (C=O) groups is 2. The first-order valence-corrected chi connectivity index (χ1v) is 13.7. The van der Waals surface area contributed by atoms with Gasteiger partial charge in [0.2, 0.25) is 0 Å². The van der Waals surface area contributed by atoms with Gasteiger partial charge in [-0.05, 0) is 56.7 Å². The predicted octanol–water partition coefficient (Wildman–Crippen LogP) is 7.73. The molecule has 0 spiro atoms. The number of aliphatic hydroxyl groups excluding tert-OH is 1. The molecule has 1 fully saturated rings. The Bertz CT molecular complexity index is 1250. The fourth-order valence-corrected chi connectivity index (χ4v) is 5.65. The summed E-state index contributed by atoms with van der Waals surface area (Å²) in [7, 11) is 1.41. The van der Waals surface area contributed by atoms with Gasteiger partial charge in [0.05, 0.1) is 34.2 Å². The van der Waals surface area contributed by atoms with E-state index in [2.05, 4.69) is 0 Å². The van der Waals surface area contributed by atoms with E-state index in [0.29, 0.717) is 23.1 Å². The van der Waals surface area contributed by atoms with E-state index in [9.17, 15) is 14.7 Å². The minimum atomic E-state index is -0.861. The van der Waals surface area contributed by atoms with Gasteiger partial charge in [0.1, 0.15) is 23.7 Å². The predicted molar refractivity (Wildman–Crippen MR) is 145 cm³/mol. The summed E-state index contributed by atoms with van der Waals surface area (Å²) in [6, 6.07) is 3.20. The number of benzene rings is 2. The Morgan fingerprint density at radius 2 is 1.82 bits per heavy atom. The van der Waals surface area contributed by atoms with Gasteiger partial charge in [0, 0.05) is 5.56 Å². The van der Waals surface area contributed by atoms with Gasteiger partial charge in [-0.1, -0.05) is 56.3 Å². The van der Waals surface area contributed by atoms with Gasteiger partial charge in [-0.25, -0.2) is 4.79 Å². The lowest BCUT2D eigenvalue weighted by atomic mass is 9.76. The van der Waals surface area contributed by atoms with E-state index in [0.717, 1.165) is 32.1 Å². The number of aliphatic hydroxyl groups is 1. The molecule has 0 bridgehead atoms. The van der Waals surface area contributed by atoms with Crippen LogP contribution in [0.4, 0.5) is 0 Å². The summed E-state index contributed by atoms with van der Waals surface area (Å²) in [5, 5.41) is 11.2. The molecule has 2 aliphatic rings. The zero-order valence-corrected chi connectivity index (χ0v) is 23.9. The molecule has 4 rings (SSSR count). The van der Waals surface area contributed by atoms with Crippen LogP contribution in [-0.4, -0.2) is 24.2 Å². The summed E-state index contributed by atoms with van der Waals surface area (Å²) in [6.07, 6.45) is 4.02. The van der Waals surface area contributed by atoms with Crippen LogP contribution in [-0.2, 0) is 16.1 Å². The standard InChI is InChI=1S/C29H34Cl2O7/c1-15(2)13-19(32)17-9-10-20-21(24(17)35-5)27(33)36-14-18-22(30)16(3)23(31)26(25(18)37-20)38-28(34)29(4)11-7-6-8-12-29/h9-10,15,19,32H,6-8,11-14H2,1-5H3/t19-/m0/s1. The van der Waals surface area contributed by atoms with Crippen LogP contribution in [0.25, 0.3) is 0 Å². The van der Waals surface area contributed by atoms with Crippen molar-refractivity contribution in [3.05, 3.63) is 44.4 Å². The van der Waals surface area contributed by atoms with Crippen LogP contribution >= 0.6 is 23.2 Å². The lowest BCUT2D eigenvalue weighted by molar-refractivity contribution is -0.146. The molecule has 1 atom stereocenters. The Kier molecular flexibility index (Phi) is 8.50. The van der Waals surface area contributed by atoms with E-state index in [4.69, 9.17) is 42.1 Å². The van der Waals surface area contributed by atoms with Crippen molar-refractivity contribution in [2.75, 3.05) is 7.11 Å². The third-order valence-corrected chi connectivity index (χ3v) is 8.39. The van der Waals surface area contributed by atoms with Crippen LogP contribution in [0.15, 0.2) is 12.1 Å². The van der Waals surface area contributed by atoms with Crippen molar-refractivity contribution >= 4 is 35.1 Å². The largest absolute Gasteiger partial charge is 0.495 e. The molecule has 9 heteroatoms.